The number of nitrogens with zero attached hydrogens (tertiary/aromatic N) is 3. The fourth-order valence-electron chi connectivity index (χ4n) is 5.17. The van der Waals surface area contributed by atoms with Crippen molar-refractivity contribution in [3.8, 4) is 0 Å². The summed E-state index contributed by atoms with van der Waals surface area (Å²) in [5, 5.41) is 3.98. The minimum atomic E-state index is -1.17. The van der Waals surface area contributed by atoms with E-state index < -0.39 is 41.5 Å². The van der Waals surface area contributed by atoms with Crippen molar-refractivity contribution < 1.29 is 28.7 Å². The maximum atomic E-state index is 14.0. The number of fused-ring (bicyclic) bond motifs is 1. The quantitative estimate of drug-likeness (QED) is 0.223. The Morgan fingerprint density at radius 2 is 1.55 bits per heavy atom. The van der Waals surface area contributed by atoms with Crippen molar-refractivity contribution in [3.63, 3.8) is 0 Å². The monoisotopic (exact) mass is 608 g/mol. The lowest BCUT2D eigenvalue weighted by Crippen LogP contribution is -2.74. The van der Waals surface area contributed by atoms with Crippen molar-refractivity contribution in [2.45, 2.75) is 30.0 Å². The molecule has 11 heteroatoms. The first-order valence-corrected chi connectivity index (χ1v) is 14.9. The third-order valence-corrected chi connectivity index (χ3v) is 8.55. The number of aromatic nitrogens is 2. The summed E-state index contributed by atoms with van der Waals surface area (Å²) in [5.74, 6) is -1.40. The van der Waals surface area contributed by atoms with Gasteiger partial charge in [-0.3, -0.25) is 9.59 Å². The molecule has 0 bridgehead atoms. The Kier molecular flexibility index (Phi) is 8.55. The Bertz CT molecular complexity index is 1620. The molecule has 2 unspecified atom stereocenters. The van der Waals surface area contributed by atoms with Gasteiger partial charge in [-0.25, -0.2) is 19.1 Å². The van der Waals surface area contributed by atoms with Crippen LogP contribution in [-0.2, 0) is 30.3 Å². The van der Waals surface area contributed by atoms with Gasteiger partial charge in [0.1, 0.15) is 24.3 Å². The first kappa shape index (κ1) is 28.9. The highest BCUT2D eigenvalue weighted by molar-refractivity contribution is 8.03. The SMILES string of the molecule is O=C(Cc1ccccc1)NC1C(=O)N2C(C(=O)OC(c3ccccc3)c3ccccc3)C(COC(=O)n3ccnc3)=CS[C@H]12. The van der Waals surface area contributed by atoms with Gasteiger partial charge in [0.2, 0.25) is 11.8 Å². The molecular weight excluding hydrogens is 580 g/mol. The maximum Gasteiger partial charge on any atom is 0.419 e. The molecule has 0 aliphatic carbocycles. The van der Waals surface area contributed by atoms with E-state index in [1.54, 1.807) is 5.41 Å². The van der Waals surface area contributed by atoms with Crippen molar-refractivity contribution in [2.75, 3.05) is 6.61 Å². The molecular formula is C33H28N4O6S. The van der Waals surface area contributed by atoms with E-state index in [0.717, 1.165) is 16.7 Å². The molecule has 10 nitrogen and oxygen atoms in total. The molecule has 3 aromatic carbocycles. The predicted molar refractivity (Wildman–Crippen MR) is 162 cm³/mol. The number of imidazole rings is 1. The molecule has 1 saturated heterocycles. The normalized spacial score (nSPS) is 18.9. The molecule has 2 amide bonds. The molecule has 0 spiro atoms. The van der Waals surface area contributed by atoms with E-state index in [1.807, 2.05) is 91.0 Å². The second-order valence-corrected chi connectivity index (χ2v) is 11.2. The Labute approximate surface area is 257 Å². The van der Waals surface area contributed by atoms with E-state index in [-0.39, 0.29) is 18.9 Å². The van der Waals surface area contributed by atoms with Crippen LogP contribution in [0, 0.1) is 0 Å². The number of esters is 1. The first-order valence-electron chi connectivity index (χ1n) is 13.9. The number of hydrogen-bond donors (Lipinski definition) is 1. The Hall–Kier alpha value is -5.16. The van der Waals surface area contributed by atoms with Gasteiger partial charge in [0.15, 0.2) is 12.1 Å². The summed E-state index contributed by atoms with van der Waals surface area (Å²) in [5.41, 5.74) is 2.71. The standard InChI is InChI=1S/C33H28N4O6S/c38-26(18-22-10-4-1-5-11-22)35-27-30(39)37-28(25(20-44-31(27)37)19-42-33(41)36-17-16-34-21-36)32(40)43-29(23-12-6-2-7-13-23)24-14-8-3-9-15-24/h1-17,20-21,27-29,31H,18-19H2,(H,35,38)/t27?,28?,31-/m1/s1. The second-order valence-electron chi connectivity index (χ2n) is 10.2. The summed E-state index contributed by atoms with van der Waals surface area (Å²) in [6, 6.07) is 25.9. The van der Waals surface area contributed by atoms with Crippen molar-refractivity contribution in [1.29, 1.82) is 0 Å². The number of amides is 2. The van der Waals surface area contributed by atoms with Crippen LogP contribution in [0.3, 0.4) is 0 Å². The molecule has 3 heterocycles. The summed E-state index contributed by atoms with van der Waals surface area (Å²) in [7, 11) is 0. The Morgan fingerprint density at radius 3 is 2.16 bits per heavy atom. The van der Waals surface area contributed by atoms with Crippen LogP contribution in [0.25, 0.3) is 0 Å². The van der Waals surface area contributed by atoms with Crippen LogP contribution >= 0.6 is 11.8 Å². The van der Waals surface area contributed by atoms with E-state index in [0.29, 0.717) is 5.57 Å². The minimum absolute atomic E-state index is 0.120. The second kappa shape index (κ2) is 13.0. The number of thioether (sulfide) groups is 1. The molecule has 0 radical (unpaired) electrons. The smallest absolute Gasteiger partial charge is 0.419 e. The highest BCUT2D eigenvalue weighted by Gasteiger charge is 2.56. The summed E-state index contributed by atoms with van der Waals surface area (Å²) >= 11 is 1.27. The summed E-state index contributed by atoms with van der Waals surface area (Å²) < 4.78 is 12.8. The predicted octanol–water partition coefficient (Wildman–Crippen LogP) is 4.10. The molecule has 6 rings (SSSR count). The van der Waals surface area contributed by atoms with Crippen LogP contribution in [0.1, 0.15) is 22.8 Å². The van der Waals surface area contributed by atoms with E-state index in [4.69, 9.17) is 9.47 Å². The van der Waals surface area contributed by atoms with Gasteiger partial charge in [0, 0.05) is 18.0 Å². The highest BCUT2D eigenvalue weighted by Crippen LogP contribution is 2.41. The minimum Gasteiger partial charge on any atom is -0.451 e. The van der Waals surface area contributed by atoms with Gasteiger partial charge in [0.05, 0.1) is 6.42 Å². The van der Waals surface area contributed by atoms with Gasteiger partial charge in [0.25, 0.3) is 0 Å². The molecule has 0 saturated carbocycles. The molecule has 222 valence electrons. The van der Waals surface area contributed by atoms with Crippen LogP contribution in [0.2, 0.25) is 0 Å². The van der Waals surface area contributed by atoms with E-state index in [1.165, 1.54) is 39.9 Å². The average molecular weight is 609 g/mol. The van der Waals surface area contributed by atoms with Crippen LogP contribution in [0.5, 0.6) is 0 Å². The van der Waals surface area contributed by atoms with E-state index in [2.05, 4.69) is 10.3 Å². The molecule has 44 heavy (non-hydrogen) atoms. The molecule has 4 aromatic rings. The Balaban J connectivity index is 1.24. The molecule has 1 fully saturated rings. The van der Waals surface area contributed by atoms with Crippen LogP contribution in [0.15, 0.2) is 121 Å². The number of rotatable bonds is 9. The first-order chi connectivity index (χ1) is 21.5. The zero-order valence-corrected chi connectivity index (χ0v) is 24.2. The van der Waals surface area contributed by atoms with E-state index in [9.17, 15) is 19.2 Å². The number of ether oxygens (including phenoxy) is 2. The van der Waals surface area contributed by atoms with Crippen LogP contribution in [0.4, 0.5) is 4.79 Å². The van der Waals surface area contributed by atoms with Crippen molar-refractivity contribution in [2.24, 2.45) is 0 Å². The largest absolute Gasteiger partial charge is 0.451 e. The number of nitrogens with one attached hydrogen (secondary N) is 1. The van der Waals surface area contributed by atoms with Gasteiger partial charge < -0.3 is 19.7 Å². The van der Waals surface area contributed by atoms with Crippen molar-refractivity contribution in [1.82, 2.24) is 19.8 Å². The van der Waals surface area contributed by atoms with Gasteiger partial charge >= 0.3 is 12.1 Å². The lowest BCUT2D eigenvalue weighted by Gasteiger charge is -2.51. The van der Waals surface area contributed by atoms with Gasteiger partial charge in [-0.1, -0.05) is 91.0 Å². The fourth-order valence-corrected chi connectivity index (χ4v) is 6.38. The highest BCUT2D eigenvalue weighted by atomic mass is 32.2. The molecule has 3 atom stereocenters. The van der Waals surface area contributed by atoms with Crippen molar-refractivity contribution >= 4 is 35.6 Å². The number of carbonyl (C=O) groups excluding carboxylic acids is 4. The number of hydrogen-bond acceptors (Lipinski definition) is 8. The van der Waals surface area contributed by atoms with Gasteiger partial charge in [-0.15, -0.1) is 11.8 Å². The number of benzene rings is 3. The van der Waals surface area contributed by atoms with Gasteiger partial charge in [-0.2, -0.15) is 0 Å². The zero-order valence-electron chi connectivity index (χ0n) is 23.4. The average Bonchev–Trinajstić information content (AvgIpc) is 3.61. The lowest BCUT2D eigenvalue weighted by atomic mass is 9.97. The summed E-state index contributed by atoms with van der Waals surface area (Å²) in [4.78, 5) is 58.2. The molecule has 2 aliphatic heterocycles. The molecule has 1 N–H and O–H groups in total. The topological polar surface area (TPSA) is 120 Å². The lowest BCUT2D eigenvalue weighted by molar-refractivity contribution is -0.165. The summed E-state index contributed by atoms with van der Waals surface area (Å²) in [6.07, 6.45) is 2.88. The fraction of sp³-hybridized carbons (Fsp3) is 0.182. The molecule has 1 aromatic heterocycles. The van der Waals surface area contributed by atoms with Crippen LogP contribution < -0.4 is 5.32 Å². The van der Waals surface area contributed by atoms with E-state index >= 15 is 0 Å². The molecule has 2 aliphatic rings. The zero-order chi connectivity index (χ0) is 30.5. The number of carbonyl (C=O) groups is 4. The van der Waals surface area contributed by atoms with Crippen LogP contribution in [-0.4, -0.2) is 62.4 Å². The third kappa shape index (κ3) is 6.13. The number of β-lactam (4-membered cyclic amide) rings is 1. The Morgan fingerprint density at radius 1 is 0.909 bits per heavy atom. The summed E-state index contributed by atoms with van der Waals surface area (Å²) in [6.45, 7) is -0.257. The van der Waals surface area contributed by atoms with Crippen molar-refractivity contribution in [3.05, 3.63) is 137 Å². The third-order valence-electron chi connectivity index (χ3n) is 7.33. The van der Waals surface area contributed by atoms with Gasteiger partial charge in [-0.05, 0) is 22.1 Å². The maximum absolute atomic E-state index is 14.0.